The first-order chi connectivity index (χ1) is 15.1. The summed E-state index contributed by atoms with van der Waals surface area (Å²) in [4.78, 5) is 39.1. The maximum Gasteiger partial charge on any atom is 0.262 e. The van der Waals surface area contributed by atoms with Crippen molar-refractivity contribution in [2.75, 3.05) is 24.2 Å². The molecule has 0 radical (unpaired) electrons. The van der Waals surface area contributed by atoms with Gasteiger partial charge in [0, 0.05) is 22.9 Å². The van der Waals surface area contributed by atoms with Gasteiger partial charge < -0.3 is 10.1 Å². The molecule has 3 aromatic rings. The fraction of sp³-hybridized carbons (Fsp3) is 0.125. The normalized spacial score (nSPS) is 12.6. The van der Waals surface area contributed by atoms with E-state index in [2.05, 4.69) is 5.32 Å². The fourth-order valence-corrected chi connectivity index (χ4v) is 4.03. The number of anilines is 1. The minimum Gasteiger partial charge on any atom is -0.484 e. The Balaban J connectivity index is 1.23. The molecule has 3 amide bonds. The van der Waals surface area contributed by atoms with Gasteiger partial charge in [-0.25, -0.2) is 0 Å². The third-order valence-corrected chi connectivity index (χ3v) is 5.71. The van der Waals surface area contributed by atoms with Gasteiger partial charge in [0.05, 0.1) is 11.1 Å². The number of amides is 3. The van der Waals surface area contributed by atoms with Crippen LogP contribution in [0.25, 0.3) is 0 Å². The molecule has 6 nitrogen and oxygen atoms in total. The Labute approximate surface area is 184 Å². The molecule has 0 aliphatic carbocycles. The molecule has 7 heteroatoms. The fourth-order valence-electron chi connectivity index (χ4n) is 3.19. The van der Waals surface area contributed by atoms with Crippen molar-refractivity contribution in [2.45, 2.75) is 4.90 Å². The maximum absolute atomic E-state index is 12.4. The summed E-state index contributed by atoms with van der Waals surface area (Å²) >= 11 is 1.54. The zero-order valence-electron chi connectivity index (χ0n) is 16.6. The molecule has 0 saturated carbocycles. The average molecular weight is 433 g/mol. The molecular formula is C24H20N2O4S. The maximum atomic E-state index is 12.4. The zero-order chi connectivity index (χ0) is 21.6. The number of carbonyl (C=O) groups excluding carboxylic acids is 3. The van der Waals surface area contributed by atoms with Gasteiger partial charge in [0.25, 0.3) is 17.7 Å². The van der Waals surface area contributed by atoms with Crippen molar-refractivity contribution >= 4 is 35.2 Å². The van der Waals surface area contributed by atoms with E-state index in [1.807, 2.05) is 42.5 Å². The lowest BCUT2D eigenvalue weighted by molar-refractivity contribution is -0.118. The molecule has 1 heterocycles. The molecule has 3 aromatic carbocycles. The highest BCUT2D eigenvalue weighted by Gasteiger charge is 2.34. The largest absolute Gasteiger partial charge is 0.484 e. The topological polar surface area (TPSA) is 75.7 Å². The Morgan fingerprint density at radius 2 is 1.45 bits per heavy atom. The summed E-state index contributed by atoms with van der Waals surface area (Å²) in [6, 6.07) is 23.4. The lowest BCUT2D eigenvalue weighted by Gasteiger charge is -2.13. The summed E-state index contributed by atoms with van der Waals surface area (Å²) in [6.07, 6.45) is 0. The molecule has 1 N–H and O–H groups in total. The van der Waals surface area contributed by atoms with E-state index in [0.29, 0.717) is 34.9 Å². The zero-order valence-corrected chi connectivity index (χ0v) is 17.4. The first kappa shape index (κ1) is 20.7. The summed E-state index contributed by atoms with van der Waals surface area (Å²) in [5.74, 6) is 0.508. The number of fused-ring (bicyclic) bond motifs is 1. The Kier molecular flexibility index (Phi) is 6.33. The van der Waals surface area contributed by atoms with E-state index in [9.17, 15) is 14.4 Å². The van der Waals surface area contributed by atoms with Gasteiger partial charge in [-0.15, -0.1) is 11.8 Å². The summed E-state index contributed by atoms with van der Waals surface area (Å²) < 4.78 is 5.43. The van der Waals surface area contributed by atoms with Crippen LogP contribution in [0, 0.1) is 0 Å². The average Bonchev–Trinajstić information content (AvgIpc) is 3.05. The van der Waals surface area contributed by atoms with Gasteiger partial charge in [-0.2, -0.15) is 0 Å². The van der Waals surface area contributed by atoms with Gasteiger partial charge in [-0.05, 0) is 48.5 Å². The molecule has 0 bridgehead atoms. The number of rotatable bonds is 8. The van der Waals surface area contributed by atoms with Gasteiger partial charge in [-0.3, -0.25) is 19.3 Å². The molecule has 0 spiro atoms. The van der Waals surface area contributed by atoms with Crippen LogP contribution in [0.3, 0.4) is 0 Å². The van der Waals surface area contributed by atoms with E-state index in [0.717, 1.165) is 4.90 Å². The highest BCUT2D eigenvalue weighted by atomic mass is 32.2. The van der Waals surface area contributed by atoms with E-state index >= 15 is 0 Å². The second kappa shape index (κ2) is 9.49. The second-order valence-electron chi connectivity index (χ2n) is 6.83. The Morgan fingerprint density at radius 3 is 2.10 bits per heavy atom. The Morgan fingerprint density at radius 1 is 0.839 bits per heavy atom. The standard InChI is InChI=1S/C24H20N2O4S/c27-22(16-30-18-6-2-1-3-7-18)25-17-10-12-19(13-11-17)31-15-14-26-23(28)20-8-4-5-9-21(20)24(26)29/h1-13H,14-16H2,(H,25,27). The smallest absolute Gasteiger partial charge is 0.262 e. The molecule has 0 atom stereocenters. The van der Waals surface area contributed by atoms with Crippen LogP contribution in [-0.2, 0) is 4.79 Å². The quantitative estimate of drug-likeness (QED) is 0.429. The number of imide groups is 1. The Bertz CT molecular complexity index is 1070. The number of carbonyl (C=O) groups is 3. The molecule has 0 saturated heterocycles. The summed E-state index contributed by atoms with van der Waals surface area (Å²) in [5.41, 5.74) is 1.61. The highest BCUT2D eigenvalue weighted by molar-refractivity contribution is 7.99. The molecule has 1 aliphatic rings. The monoisotopic (exact) mass is 432 g/mol. The molecule has 4 rings (SSSR count). The van der Waals surface area contributed by atoms with E-state index in [1.165, 1.54) is 4.90 Å². The molecule has 0 aromatic heterocycles. The second-order valence-corrected chi connectivity index (χ2v) is 8.00. The molecule has 1 aliphatic heterocycles. The number of hydrogen-bond acceptors (Lipinski definition) is 5. The number of hydrogen-bond donors (Lipinski definition) is 1. The predicted octanol–water partition coefficient (Wildman–Crippen LogP) is 4.09. The molecule has 31 heavy (non-hydrogen) atoms. The van der Waals surface area contributed by atoms with Crippen LogP contribution in [0.1, 0.15) is 20.7 Å². The molecular weight excluding hydrogens is 412 g/mol. The summed E-state index contributed by atoms with van der Waals surface area (Å²) in [5, 5.41) is 2.79. The van der Waals surface area contributed by atoms with Crippen LogP contribution in [0.5, 0.6) is 5.75 Å². The number of nitrogens with zero attached hydrogens (tertiary/aromatic N) is 1. The van der Waals surface area contributed by atoms with E-state index in [4.69, 9.17) is 4.74 Å². The highest BCUT2D eigenvalue weighted by Crippen LogP contribution is 2.25. The van der Waals surface area contributed by atoms with Crippen molar-refractivity contribution in [3.8, 4) is 5.75 Å². The van der Waals surface area contributed by atoms with Gasteiger partial charge in [-0.1, -0.05) is 30.3 Å². The lowest BCUT2D eigenvalue weighted by Crippen LogP contribution is -2.31. The SMILES string of the molecule is O=C(COc1ccccc1)Nc1ccc(SCCN2C(=O)c3ccccc3C2=O)cc1. The van der Waals surface area contributed by atoms with Crippen molar-refractivity contribution in [3.05, 3.63) is 90.0 Å². The predicted molar refractivity (Wildman–Crippen MR) is 120 cm³/mol. The van der Waals surface area contributed by atoms with Crippen molar-refractivity contribution < 1.29 is 19.1 Å². The first-order valence-electron chi connectivity index (χ1n) is 9.77. The minimum atomic E-state index is -0.241. The van der Waals surface area contributed by atoms with Crippen molar-refractivity contribution in [3.63, 3.8) is 0 Å². The van der Waals surface area contributed by atoms with Crippen LogP contribution in [0.15, 0.2) is 83.8 Å². The van der Waals surface area contributed by atoms with Crippen molar-refractivity contribution in [1.82, 2.24) is 4.90 Å². The van der Waals surface area contributed by atoms with Gasteiger partial charge in [0.2, 0.25) is 0 Å². The van der Waals surface area contributed by atoms with Crippen LogP contribution in [0.4, 0.5) is 5.69 Å². The van der Waals surface area contributed by atoms with E-state index < -0.39 is 0 Å². The van der Waals surface area contributed by atoms with Crippen LogP contribution >= 0.6 is 11.8 Å². The van der Waals surface area contributed by atoms with E-state index in [1.54, 1.807) is 48.2 Å². The van der Waals surface area contributed by atoms with Crippen LogP contribution in [0.2, 0.25) is 0 Å². The molecule has 0 fully saturated rings. The van der Waals surface area contributed by atoms with Crippen molar-refractivity contribution in [1.29, 1.82) is 0 Å². The Hall–Kier alpha value is -3.58. The molecule has 156 valence electrons. The number of benzene rings is 3. The molecule has 0 unspecified atom stereocenters. The van der Waals surface area contributed by atoms with Gasteiger partial charge >= 0.3 is 0 Å². The van der Waals surface area contributed by atoms with E-state index in [-0.39, 0.29) is 24.3 Å². The van der Waals surface area contributed by atoms with Crippen molar-refractivity contribution in [2.24, 2.45) is 0 Å². The number of nitrogens with one attached hydrogen (secondary N) is 1. The third kappa shape index (κ3) is 4.95. The summed E-state index contributed by atoms with van der Waals surface area (Å²) in [7, 11) is 0. The third-order valence-electron chi connectivity index (χ3n) is 4.71. The minimum absolute atomic E-state index is 0.0687. The summed E-state index contributed by atoms with van der Waals surface area (Å²) in [6.45, 7) is 0.271. The number of para-hydroxylation sites is 1. The first-order valence-corrected chi connectivity index (χ1v) is 10.8. The van der Waals surface area contributed by atoms with Crippen LogP contribution < -0.4 is 10.1 Å². The number of thioether (sulfide) groups is 1. The lowest BCUT2D eigenvalue weighted by atomic mass is 10.1. The van der Waals surface area contributed by atoms with Crippen LogP contribution in [-0.4, -0.2) is 41.5 Å². The number of ether oxygens (including phenoxy) is 1. The van der Waals surface area contributed by atoms with Gasteiger partial charge in [0.15, 0.2) is 6.61 Å². The van der Waals surface area contributed by atoms with Gasteiger partial charge in [0.1, 0.15) is 5.75 Å².